The van der Waals surface area contributed by atoms with Crippen LogP contribution in [0.2, 0.25) is 0 Å². The van der Waals surface area contributed by atoms with Crippen molar-refractivity contribution >= 4 is 39.2 Å². The van der Waals surface area contributed by atoms with Gasteiger partial charge in [-0.25, -0.2) is 4.98 Å². The molecule has 0 spiro atoms. The number of aliphatic hydroxyl groups is 1. The number of hydrogen-bond acceptors (Lipinski definition) is 4. The van der Waals surface area contributed by atoms with Crippen LogP contribution >= 0.6 is 15.9 Å². The summed E-state index contributed by atoms with van der Waals surface area (Å²) in [6.45, 7) is 0. The summed E-state index contributed by atoms with van der Waals surface area (Å²) in [6.07, 6.45) is 1.56. The Kier molecular flexibility index (Phi) is 4.79. The maximum absolute atomic E-state index is 12.9. The van der Waals surface area contributed by atoms with Crippen molar-refractivity contribution in [2.24, 2.45) is 0 Å². The molecule has 0 bridgehead atoms. The Morgan fingerprint density at radius 1 is 0.929 bits per heavy atom. The zero-order chi connectivity index (χ0) is 19.7. The molecular weight excluding hydrogens is 420 g/mol. The Labute approximate surface area is 170 Å². The van der Waals surface area contributed by atoms with E-state index in [-0.39, 0.29) is 11.3 Å². The van der Waals surface area contributed by atoms with Crippen LogP contribution in [0.3, 0.4) is 0 Å². The van der Waals surface area contributed by atoms with Gasteiger partial charge in [-0.2, -0.15) is 0 Å². The molecule has 1 aliphatic rings. The number of aliphatic hydroxyl groups excluding tert-OH is 1. The Morgan fingerprint density at radius 3 is 2.25 bits per heavy atom. The SMILES string of the molecule is O=C1C(=O)N(c2ccccn2)[C@@H](c2ccccc2)C1=C(O)c1ccc(Br)cc1. The van der Waals surface area contributed by atoms with Crippen molar-refractivity contribution in [1.29, 1.82) is 0 Å². The zero-order valence-electron chi connectivity index (χ0n) is 14.6. The molecule has 4 rings (SSSR count). The molecule has 1 fully saturated rings. The van der Waals surface area contributed by atoms with Crippen molar-refractivity contribution in [2.75, 3.05) is 4.90 Å². The largest absolute Gasteiger partial charge is 0.507 e. The minimum Gasteiger partial charge on any atom is -0.507 e. The van der Waals surface area contributed by atoms with E-state index in [1.165, 1.54) is 4.90 Å². The van der Waals surface area contributed by atoms with Crippen LogP contribution < -0.4 is 4.90 Å². The van der Waals surface area contributed by atoms with E-state index < -0.39 is 17.7 Å². The first-order valence-electron chi connectivity index (χ1n) is 8.61. The first-order chi connectivity index (χ1) is 13.6. The molecule has 5 nitrogen and oxygen atoms in total. The number of pyridine rings is 1. The number of amides is 1. The minimum absolute atomic E-state index is 0.0455. The highest BCUT2D eigenvalue weighted by Gasteiger charge is 2.47. The summed E-state index contributed by atoms with van der Waals surface area (Å²) in [4.78, 5) is 31.4. The topological polar surface area (TPSA) is 70.5 Å². The first-order valence-corrected chi connectivity index (χ1v) is 9.40. The van der Waals surface area contributed by atoms with Gasteiger partial charge in [0.05, 0.1) is 11.6 Å². The fourth-order valence-electron chi connectivity index (χ4n) is 3.28. The summed E-state index contributed by atoms with van der Waals surface area (Å²) in [5, 5.41) is 10.9. The second-order valence-electron chi connectivity index (χ2n) is 6.27. The highest BCUT2D eigenvalue weighted by atomic mass is 79.9. The van der Waals surface area contributed by atoms with Gasteiger partial charge in [-0.05, 0) is 29.8 Å². The van der Waals surface area contributed by atoms with Crippen LogP contribution in [0.5, 0.6) is 0 Å². The van der Waals surface area contributed by atoms with Gasteiger partial charge in [0.2, 0.25) is 0 Å². The third kappa shape index (κ3) is 3.12. The zero-order valence-corrected chi connectivity index (χ0v) is 16.2. The molecule has 138 valence electrons. The third-order valence-electron chi connectivity index (χ3n) is 4.57. The lowest BCUT2D eigenvalue weighted by molar-refractivity contribution is -0.132. The maximum Gasteiger partial charge on any atom is 0.301 e. The summed E-state index contributed by atoms with van der Waals surface area (Å²) in [5.41, 5.74) is 1.22. The van der Waals surface area contributed by atoms with E-state index in [9.17, 15) is 14.7 Å². The van der Waals surface area contributed by atoms with Crippen LogP contribution in [0.4, 0.5) is 5.82 Å². The molecule has 0 unspecified atom stereocenters. The number of Topliss-reactive ketones (excluding diaryl/α,β-unsaturated/α-hetero) is 1. The summed E-state index contributed by atoms with van der Waals surface area (Å²) in [7, 11) is 0. The molecule has 0 radical (unpaired) electrons. The number of aromatic nitrogens is 1. The number of ketones is 1. The Balaban J connectivity index is 1.94. The lowest BCUT2D eigenvalue weighted by Gasteiger charge is -2.24. The highest BCUT2D eigenvalue weighted by molar-refractivity contribution is 9.10. The number of anilines is 1. The lowest BCUT2D eigenvalue weighted by Crippen LogP contribution is -2.30. The smallest absolute Gasteiger partial charge is 0.301 e. The number of carbonyl (C=O) groups is 2. The summed E-state index contributed by atoms with van der Waals surface area (Å²) < 4.78 is 0.845. The second-order valence-corrected chi connectivity index (χ2v) is 7.19. The summed E-state index contributed by atoms with van der Waals surface area (Å²) in [5.74, 6) is -1.31. The lowest BCUT2D eigenvalue weighted by atomic mass is 9.95. The molecule has 2 heterocycles. The normalized spacial score (nSPS) is 18.5. The van der Waals surface area contributed by atoms with E-state index in [4.69, 9.17) is 0 Å². The average molecular weight is 435 g/mol. The first kappa shape index (κ1) is 18.1. The molecule has 1 aliphatic heterocycles. The molecule has 6 heteroatoms. The predicted molar refractivity (Wildman–Crippen MR) is 110 cm³/mol. The molecule has 28 heavy (non-hydrogen) atoms. The van der Waals surface area contributed by atoms with Gasteiger partial charge < -0.3 is 5.11 Å². The van der Waals surface area contributed by atoms with Crippen LogP contribution in [0.25, 0.3) is 5.76 Å². The van der Waals surface area contributed by atoms with Gasteiger partial charge in [0, 0.05) is 16.2 Å². The molecule has 1 N–H and O–H groups in total. The molecule has 1 atom stereocenters. The van der Waals surface area contributed by atoms with Gasteiger partial charge in [0.1, 0.15) is 11.6 Å². The van der Waals surface area contributed by atoms with Crippen molar-refractivity contribution in [3.8, 4) is 0 Å². The van der Waals surface area contributed by atoms with E-state index >= 15 is 0 Å². The van der Waals surface area contributed by atoms with Gasteiger partial charge in [-0.15, -0.1) is 0 Å². The second kappa shape index (κ2) is 7.40. The Morgan fingerprint density at radius 2 is 1.61 bits per heavy atom. The molecular formula is C22H15BrN2O3. The minimum atomic E-state index is -0.764. The predicted octanol–water partition coefficient (Wildman–Crippen LogP) is 4.47. The third-order valence-corrected chi connectivity index (χ3v) is 5.10. The molecule has 0 saturated carbocycles. The fourth-order valence-corrected chi connectivity index (χ4v) is 3.54. The van der Waals surface area contributed by atoms with Crippen LogP contribution in [0.1, 0.15) is 17.2 Å². The van der Waals surface area contributed by atoms with Crippen molar-refractivity contribution in [1.82, 2.24) is 4.98 Å². The highest BCUT2D eigenvalue weighted by Crippen LogP contribution is 2.41. The van der Waals surface area contributed by atoms with E-state index in [2.05, 4.69) is 20.9 Å². The van der Waals surface area contributed by atoms with Crippen molar-refractivity contribution in [2.45, 2.75) is 6.04 Å². The number of hydrogen-bond donors (Lipinski definition) is 1. The maximum atomic E-state index is 12.9. The van der Waals surface area contributed by atoms with E-state index in [0.29, 0.717) is 16.9 Å². The number of benzene rings is 2. The van der Waals surface area contributed by atoms with Crippen LogP contribution in [-0.2, 0) is 9.59 Å². The van der Waals surface area contributed by atoms with Crippen molar-refractivity contribution in [3.63, 3.8) is 0 Å². The molecule has 2 aromatic carbocycles. The molecule has 1 aromatic heterocycles. The number of carbonyl (C=O) groups excluding carboxylic acids is 2. The Bertz CT molecular complexity index is 1060. The molecule has 0 aliphatic carbocycles. The Hall–Kier alpha value is -3.25. The fraction of sp³-hybridized carbons (Fsp3) is 0.0455. The van der Waals surface area contributed by atoms with Gasteiger partial charge in [0.15, 0.2) is 0 Å². The monoisotopic (exact) mass is 434 g/mol. The van der Waals surface area contributed by atoms with Crippen LogP contribution in [-0.4, -0.2) is 21.8 Å². The average Bonchev–Trinajstić information content (AvgIpc) is 3.00. The van der Waals surface area contributed by atoms with E-state index in [1.807, 2.05) is 30.3 Å². The quantitative estimate of drug-likeness (QED) is 0.375. The molecule has 1 saturated heterocycles. The van der Waals surface area contributed by atoms with Crippen LogP contribution in [0, 0.1) is 0 Å². The van der Waals surface area contributed by atoms with E-state index in [1.54, 1.807) is 48.7 Å². The number of nitrogens with zero attached hydrogens (tertiary/aromatic N) is 2. The number of rotatable bonds is 3. The van der Waals surface area contributed by atoms with Gasteiger partial charge >= 0.3 is 5.91 Å². The summed E-state index contributed by atoms with van der Waals surface area (Å²) >= 11 is 3.35. The number of halogens is 1. The van der Waals surface area contributed by atoms with E-state index in [0.717, 1.165) is 4.47 Å². The molecule has 1 amide bonds. The van der Waals surface area contributed by atoms with Gasteiger partial charge in [-0.1, -0.05) is 64.5 Å². The van der Waals surface area contributed by atoms with Gasteiger partial charge in [-0.3, -0.25) is 14.5 Å². The van der Waals surface area contributed by atoms with Gasteiger partial charge in [0.25, 0.3) is 5.78 Å². The standard InChI is InChI=1S/C22H15BrN2O3/c23-16-11-9-15(10-12-16)20(26)18-19(14-6-2-1-3-7-14)25(22(28)21(18)27)17-8-4-5-13-24-17/h1-13,19,26H/t19-/m0/s1. The van der Waals surface area contributed by atoms with Crippen molar-refractivity contribution < 1.29 is 14.7 Å². The summed E-state index contributed by atoms with van der Waals surface area (Å²) in [6, 6.07) is 20.4. The van der Waals surface area contributed by atoms with Crippen molar-refractivity contribution in [3.05, 3.63) is 100 Å². The van der Waals surface area contributed by atoms with Crippen LogP contribution in [0.15, 0.2) is 89.0 Å². The molecule has 3 aromatic rings.